The summed E-state index contributed by atoms with van der Waals surface area (Å²) in [5, 5.41) is 13.2. The molecule has 1 aromatic carbocycles. The van der Waals surface area contributed by atoms with E-state index < -0.39 is 0 Å². The second-order valence-corrected chi connectivity index (χ2v) is 5.43. The number of rotatable bonds is 4. The van der Waals surface area contributed by atoms with Crippen molar-refractivity contribution in [1.29, 1.82) is 0 Å². The third-order valence-corrected chi connectivity index (χ3v) is 3.77. The van der Waals surface area contributed by atoms with Crippen LogP contribution in [0.1, 0.15) is 34.7 Å². The summed E-state index contributed by atoms with van der Waals surface area (Å²) in [6.45, 7) is 3.83. The molecule has 1 amide bonds. The zero-order valence-electron chi connectivity index (χ0n) is 13.4. The van der Waals surface area contributed by atoms with Gasteiger partial charge >= 0.3 is 0 Å². The number of amides is 1. The summed E-state index contributed by atoms with van der Waals surface area (Å²) >= 11 is 0. The van der Waals surface area contributed by atoms with E-state index in [0.29, 0.717) is 0 Å². The van der Waals surface area contributed by atoms with Gasteiger partial charge in [0.05, 0.1) is 17.9 Å². The first-order valence-electron chi connectivity index (χ1n) is 7.53. The highest BCUT2D eigenvalue weighted by molar-refractivity contribution is 5.92. The molecule has 2 heterocycles. The van der Waals surface area contributed by atoms with Gasteiger partial charge in [0, 0.05) is 17.3 Å². The van der Waals surface area contributed by atoms with Crippen LogP contribution in [0.2, 0.25) is 0 Å². The molecular formula is C17H17N5O2. The lowest BCUT2D eigenvalue weighted by Gasteiger charge is -2.13. The quantitative estimate of drug-likeness (QED) is 0.765. The van der Waals surface area contributed by atoms with E-state index in [1.165, 1.54) is 12.1 Å². The van der Waals surface area contributed by atoms with Gasteiger partial charge < -0.3 is 5.32 Å². The lowest BCUT2D eigenvalue weighted by Crippen LogP contribution is -2.28. The highest BCUT2D eigenvalue weighted by atomic mass is 16.2. The van der Waals surface area contributed by atoms with Gasteiger partial charge in [-0.1, -0.05) is 18.2 Å². The van der Waals surface area contributed by atoms with Crippen molar-refractivity contribution in [1.82, 2.24) is 25.3 Å². The Morgan fingerprint density at radius 1 is 1.21 bits per heavy atom. The van der Waals surface area contributed by atoms with Crippen LogP contribution in [0.5, 0.6) is 0 Å². The Labute approximate surface area is 138 Å². The summed E-state index contributed by atoms with van der Waals surface area (Å²) in [5.41, 5.74) is 2.64. The van der Waals surface area contributed by atoms with Crippen LogP contribution in [0.25, 0.3) is 5.69 Å². The molecule has 3 rings (SSSR count). The zero-order valence-corrected chi connectivity index (χ0v) is 13.4. The highest BCUT2D eigenvalue weighted by Gasteiger charge is 2.17. The Balaban J connectivity index is 1.79. The molecule has 0 aliphatic heterocycles. The molecule has 0 aliphatic carbocycles. The van der Waals surface area contributed by atoms with E-state index in [1.54, 1.807) is 6.20 Å². The van der Waals surface area contributed by atoms with Gasteiger partial charge in [0.25, 0.3) is 11.5 Å². The molecule has 7 nitrogen and oxygen atoms in total. The van der Waals surface area contributed by atoms with E-state index in [0.717, 1.165) is 16.9 Å². The van der Waals surface area contributed by atoms with Gasteiger partial charge in [-0.3, -0.25) is 9.59 Å². The van der Waals surface area contributed by atoms with Crippen molar-refractivity contribution >= 4 is 5.91 Å². The maximum atomic E-state index is 12.2. The zero-order chi connectivity index (χ0) is 17.1. The Bertz CT molecular complexity index is 894. The van der Waals surface area contributed by atoms with Crippen LogP contribution in [-0.2, 0) is 0 Å². The molecule has 0 bridgehead atoms. The van der Waals surface area contributed by atoms with Gasteiger partial charge in [0.1, 0.15) is 5.69 Å². The number of carbonyl (C=O) groups is 1. The molecule has 0 radical (unpaired) electrons. The highest BCUT2D eigenvalue weighted by Crippen LogP contribution is 2.20. The smallest absolute Gasteiger partial charge is 0.272 e. The van der Waals surface area contributed by atoms with Crippen molar-refractivity contribution in [2.45, 2.75) is 19.9 Å². The lowest BCUT2D eigenvalue weighted by atomic mass is 10.1. The van der Waals surface area contributed by atoms with Crippen molar-refractivity contribution in [3.63, 3.8) is 0 Å². The topological polar surface area (TPSA) is 92.7 Å². The summed E-state index contributed by atoms with van der Waals surface area (Å²) in [4.78, 5) is 23.2. The van der Waals surface area contributed by atoms with E-state index >= 15 is 0 Å². The Morgan fingerprint density at radius 3 is 2.62 bits per heavy atom. The monoisotopic (exact) mass is 323 g/mol. The molecule has 2 aromatic heterocycles. The lowest BCUT2D eigenvalue weighted by molar-refractivity contribution is 0.0933. The van der Waals surface area contributed by atoms with Crippen LogP contribution in [0.3, 0.4) is 0 Å². The molecule has 0 saturated heterocycles. The molecule has 0 aliphatic rings. The Kier molecular flexibility index (Phi) is 4.24. The van der Waals surface area contributed by atoms with Crippen molar-refractivity contribution in [3.05, 3.63) is 76.0 Å². The SMILES string of the molecule is Cc1c(C(C)NC(=O)c2ccc(=O)[nH]n2)cnn1-c1ccccc1. The number of aromatic nitrogens is 4. The number of carbonyl (C=O) groups excluding carboxylic acids is 1. The molecule has 0 spiro atoms. The largest absolute Gasteiger partial charge is 0.344 e. The van der Waals surface area contributed by atoms with Crippen LogP contribution in [-0.4, -0.2) is 25.9 Å². The van der Waals surface area contributed by atoms with E-state index in [4.69, 9.17) is 0 Å². The molecule has 2 N–H and O–H groups in total. The average Bonchev–Trinajstić information content (AvgIpc) is 2.98. The predicted molar refractivity (Wildman–Crippen MR) is 89.0 cm³/mol. The summed E-state index contributed by atoms with van der Waals surface area (Å²) in [6, 6.07) is 12.2. The Morgan fingerprint density at radius 2 is 1.96 bits per heavy atom. The summed E-state index contributed by atoms with van der Waals surface area (Å²) < 4.78 is 1.83. The first-order chi connectivity index (χ1) is 11.6. The van der Waals surface area contributed by atoms with Gasteiger partial charge in [0.15, 0.2) is 0 Å². The van der Waals surface area contributed by atoms with Crippen LogP contribution in [0.15, 0.2) is 53.5 Å². The fourth-order valence-corrected chi connectivity index (χ4v) is 2.50. The number of hydrogen-bond donors (Lipinski definition) is 2. The molecule has 1 atom stereocenters. The van der Waals surface area contributed by atoms with Crippen molar-refractivity contribution in [2.75, 3.05) is 0 Å². The van der Waals surface area contributed by atoms with Gasteiger partial charge in [-0.25, -0.2) is 9.78 Å². The Hall–Kier alpha value is -3.22. The molecule has 1 unspecified atom stereocenters. The third-order valence-electron chi connectivity index (χ3n) is 3.77. The molecular weight excluding hydrogens is 306 g/mol. The minimum absolute atomic E-state index is 0.162. The van der Waals surface area contributed by atoms with E-state index in [-0.39, 0.29) is 23.2 Å². The number of nitrogens with one attached hydrogen (secondary N) is 2. The summed E-state index contributed by atoms with van der Waals surface area (Å²) in [7, 11) is 0. The molecule has 0 fully saturated rings. The second kappa shape index (κ2) is 6.49. The number of para-hydroxylation sites is 1. The summed E-state index contributed by atoms with van der Waals surface area (Å²) in [6.07, 6.45) is 1.74. The number of aromatic amines is 1. The minimum Gasteiger partial charge on any atom is -0.344 e. The van der Waals surface area contributed by atoms with Gasteiger partial charge in [-0.15, -0.1) is 0 Å². The maximum absolute atomic E-state index is 12.2. The van der Waals surface area contributed by atoms with Crippen molar-refractivity contribution in [3.8, 4) is 5.69 Å². The summed E-state index contributed by atoms with van der Waals surface area (Å²) in [5.74, 6) is -0.356. The number of H-pyrrole nitrogens is 1. The van der Waals surface area contributed by atoms with Crippen molar-refractivity contribution in [2.24, 2.45) is 0 Å². The van der Waals surface area contributed by atoms with Gasteiger partial charge in [-0.05, 0) is 32.0 Å². The fraction of sp³-hybridized carbons (Fsp3) is 0.176. The van der Waals surface area contributed by atoms with Crippen LogP contribution in [0, 0.1) is 6.92 Å². The predicted octanol–water partition coefficient (Wildman–Crippen LogP) is 1.76. The number of benzene rings is 1. The first kappa shape index (κ1) is 15.7. The number of nitrogens with zero attached hydrogens (tertiary/aromatic N) is 3. The van der Waals surface area contributed by atoms with Gasteiger partial charge in [-0.2, -0.15) is 10.2 Å². The molecule has 24 heavy (non-hydrogen) atoms. The van der Waals surface area contributed by atoms with E-state index in [1.807, 2.05) is 48.9 Å². The fourth-order valence-electron chi connectivity index (χ4n) is 2.50. The van der Waals surface area contributed by atoms with Gasteiger partial charge in [0.2, 0.25) is 0 Å². The second-order valence-electron chi connectivity index (χ2n) is 5.43. The van der Waals surface area contributed by atoms with E-state index in [2.05, 4.69) is 20.6 Å². The molecule has 7 heteroatoms. The standard InChI is InChI=1S/C17H17N5O2/c1-11(19-17(24)15-8-9-16(23)21-20-15)14-10-18-22(12(14)2)13-6-4-3-5-7-13/h3-11H,1-2H3,(H,19,24)(H,21,23). The number of hydrogen-bond acceptors (Lipinski definition) is 4. The minimum atomic E-state index is -0.356. The average molecular weight is 323 g/mol. The van der Waals surface area contributed by atoms with E-state index in [9.17, 15) is 9.59 Å². The van der Waals surface area contributed by atoms with Crippen LogP contribution in [0.4, 0.5) is 0 Å². The molecule has 0 saturated carbocycles. The third kappa shape index (κ3) is 3.10. The van der Waals surface area contributed by atoms with Crippen molar-refractivity contribution < 1.29 is 4.79 Å². The normalized spacial score (nSPS) is 11.9. The molecule has 122 valence electrons. The maximum Gasteiger partial charge on any atom is 0.272 e. The molecule has 3 aromatic rings. The van der Waals surface area contributed by atoms with Crippen LogP contribution >= 0.6 is 0 Å². The van der Waals surface area contributed by atoms with Crippen LogP contribution < -0.4 is 10.9 Å². The first-order valence-corrected chi connectivity index (χ1v) is 7.53.